The van der Waals surface area contributed by atoms with Crippen LogP contribution in [0.25, 0.3) is 0 Å². The number of hydrogen-bond donors (Lipinski definition) is 2. The van der Waals surface area contributed by atoms with E-state index in [0.717, 1.165) is 0 Å². The molecule has 2 aromatic carbocycles. The molecule has 0 aliphatic carbocycles. The fraction of sp³-hybridized carbons (Fsp3) is 0.440. The van der Waals surface area contributed by atoms with Crippen molar-refractivity contribution in [2.75, 3.05) is 19.8 Å². The average Bonchev–Trinajstić information content (AvgIpc) is 2.75. The van der Waals surface area contributed by atoms with E-state index in [-0.39, 0.29) is 31.1 Å². The highest BCUT2D eigenvalue weighted by molar-refractivity contribution is 5.79. The number of ether oxygens (including phenoxy) is 2. The predicted molar refractivity (Wildman–Crippen MR) is 123 cm³/mol. The zero-order chi connectivity index (χ0) is 22.8. The number of carbonyl (C=O) groups excluding carboxylic acids is 2. The van der Waals surface area contributed by atoms with Gasteiger partial charge in [0, 0.05) is 12.6 Å². The summed E-state index contributed by atoms with van der Waals surface area (Å²) in [6.07, 6.45) is 0. The molecule has 0 saturated carbocycles. The fourth-order valence-corrected chi connectivity index (χ4v) is 2.88. The molecule has 0 heterocycles. The lowest BCUT2D eigenvalue weighted by molar-refractivity contribution is -0.125. The molecule has 0 fully saturated rings. The summed E-state index contributed by atoms with van der Waals surface area (Å²) in [5.74, 6) is 1.72. The number of nitrogens with one attached hydrogen (secondary N) is 2. The molecule has 0 radical (unpaired) electrons. The summed E-state index contributed by atoms with van der Waals surface area (Å²) >= 11 is 0. The van der Waals surface area contributed by atoms with E-state index in [9.17, 15) is 9.59 Å². The standard InChI is InChI=1S/C25H34N2O4/c1-17(2)20-6-10-22(11-7-20)30-15-24(28)26-14-19(5)27-25(29)16-31-23-12-8-21(9-13-23)18(3)4/h6-13,17-19H,14-16H2,1-5H3,(H,26,28)(H,27,29). The van der Waals surface area contributed by atoms with Gasteiger partial charge in [-0.3, -0.25) is 9.59 Å². The van der Waals surface area contributed by atoms with Crippen molar-refractivity contribution in [3.8, 4) is 11.5 Å². The number of rotatable bonds is 11. The summed E-state index contributed by atoms with van der Waals surface area (Å²) in [4.78, 5) is 24.1. The van der Waals surface area contributed by atoms with Gasteiger partial charge in [-0.25, -0.2) is 0 Å². The molecule has 2 amide bonds. The second-order valence-corrected chi connectivity index (χ2v) is 8.30. The van der Waals surface area contributed by atoms with Crippen molar-refractivity contribution in [3.63, 3.8) is 0 Å². The van der Waals surface area contributed by atoms with Crippen molar-refractivity contribution < 1.29 is 19.1 Å². The first-order valence-corrected chi connectivity index (χ1v) is 10.8. The number of benzene rings is 2. The van der Waals surface area contributed by atoms with Crippen molar-refractivity contribution in [3.05, 3.63) is 59.7 Å². The van der Waals surface area contributed by atoms with Gasteiger partial charge < -0.3 is 20.1 Å². The quantitative estimate of drug-likeness (QED) is 0.569. The molecule has 1 atom stereocenters. The molecule has 2 aromatic rings. The van der Waals surface area contributed by atoms with Crippen LogP contribution in [0.2, 0.25) is 0 Å². The van der Waals surface area contributed by atoms with Gasteiger partial charge in [-0.2, -0.15) is 0 Å². The first-order valence-electron chi connectivity index (χ1n) is 10.8. The Kier molecular flexibility index (Phi) is 9.38. The number of hydrogen-bond acceptors (Lipinski definition) is 4. The first kappa shape index (κ1) is 24.3. The van der Waals surface area contributed by atoms with Crippen LogP contribution in [0.5, 0.6) is 11.5 Å². The molecule has 0 spiro atoms. The smallest absolute Gasteiger partial charge is 0.258 e. The van der Waals surface area contributed by atoms with Gasteiger partial charge in [0.25, 0.3) is 11.8 Å². The normalized spacial score (nSPS) is 11.8. The van der Waals surface area contributed by atoms with Gasteiger partial charge in [0.05, 0.1) is 0 Å². The highest BCUT2D eigenvalue weighted by Gasteiger charge is 2.11. The third-order valence-corrected chi connectivity index (χ3v) is 4.85. The fourth-order valence-electron chi connectivity index (χ4n) is 2.88. The highest BCUT2D eigenvalue weighted by atomic mass is 16.5. The Balaban J connectivity index is 1.64. The van der Waals surface area contributed by atoms with Crippen molar-refractivity contribution in [1.82, 2.24) is 10.6 Å². The molecular formula is C25H34N2O4. The van der Waals surface area contributed by atoms with Gasteiger partial charge in [0.1, 0.15) is 11.5 Å². The summed E-state index contributed by atoms with van der Waals surface area (Å²) in [7, 11) is 0. The molecule has 2 rings (SSSR count). The minimum absolute atomic E-state index is 0.0722. The van der Waals surface area contributed by atoms with Crippen LogP contribution in [0.3, 0.4) is 0 Å². The maximum atomic E-state index is 12.1. The zero-order valence-electron chi connectivity index (χ0n) is 19.1. The van der Waals surface area contributed by atoms with E-state index in [0.29, 0.717) is 29.9 Å². The molecule has 2 N–H and O–H groups in total. The van der Waals surface area contributed by atoms with E-state index in [1.807, 2.05) is 55.5 Å². The molecule has 0 aromatic heterocycles. The summed E-state index contributed by atoms with van der Waals surface area (Å²) in [5.41, 5.74) is 2.44. The minimum atomic E-state index is -0.240. The maximum absolute atomic E-state index is 12.1. The van der Waals surface area contributed by atoms with Crippen LogP contribution in [0.1, 0.15) is 57.6 Å². The summed E-state index contributed by atoms with van der Waals surface area (Å²) in [6.45, 7) is 10.5. The minimum Gasteiger partial charge on any atom is -0.484 e. The third-order valence-electron chi connectivity index (χ3n) is 4.85. The maximum Gasteiger partial charge on any atom is 0.258 e. The lowest BCUT2D eigenvalue weighted by atomic mass is 10.0. The van der Waals surface area contributed by atoms with Gasteiger partial charge in [0.15, 0.2) is 13.2 Å². The van der Waals surface area contributed by atoms with E-state index in [1.54, 1.807) is 0 Å². The number of carbonyl (C=O) groups is 2. The largest absolute Gasteiger partial charge is 0.484 e. The van der Waals surface area contributed by atoms with Gasteiger partial charge in [0.2, 0.25) is 0 Å². The van der Waals surface area contributed by atoms with E-state index >= 15 is 0 Å². The second kappa shape index (κ2) is 12.0. The monoisotopic (exact) mass is 426 g/mol. The molecule has 0 aliphatic rings. The van der Waals surface area contributed by atoms with Gasteiger partial charge in [-0.1, -0.05) is 52.0 Å². The Labute approximate surface area is 185 Å². The molecule has 6 heteroatoms. The SMILES string of the molecule is CC(CNC(=O)COc1ccc(C(C)C)cc1)NC(=O)COc1ccc(C(C)C)cc1. The topological polar surface area (TPSA) is 76.7 Å². The Morgan fingerprint density at radius 2 is 1.13 bits per heavy atom. The average molecular weight is 427 g/mol. The Morgan fingerprint density at radius 3 is 1.55 bits per heavy atom. The van der Waals surface area contributed by atoms with Crippen LogP contribution in [-0.4, -0.2) is 37.6 Å². The van der Waals surface area contributed by atoms with Crippen LogP contribution in [0, 0.1) is 0 Å². The molecule has 0 aliphatic heterocycles. The second-order valence-electron chi connectivity index (χ2n) is 8.30. The third kappa shape index (κ3) is 8.70. The molecule has 0 bridgehead atoms. The van der Waals surface area contributed by atoms with Crippen LogP contribution < -0.4 is 20.1 Å². The predicted octanol–water partition coefficient (Wildman–Crippen LogP) is 4.01. The Bertz CT molecular complexity index is 830. The Hall–Kier alpha value is -3.02. The lowest BCUT2D eigenvalue weighted by Gasteiger charge is -2.15. The highest BCUT2D eigenvalue weighted by Crippen LogP contribution is 2.19. The number of amides is 2. The molecular weight excluding hydrogens is 392 g/mol. The van der Waals surface area contributed by atoms with E-state index in [1.165, 1.54) is 11.1 Å². The summed E-state index contributed by atoms with van der Waals surface area (Å²) in [6, 6.07) is 15.2. The van der Waals surface area contributed by atoms with Crippen molar-refractivity contribution in [2.24, 2.45) is 0 Å². The van der Waals surface area contributed by atoms with E-state index in [2.05, 4.69) is 38.3 Å². The van der Waals surface area contributed by atoms with E-state index in [4.69, 9.17) is 9.47 Å². The first-order chi connectivity index (χ1) is 14.7. The molecule has 31 heavy (non-hydrogen) atoms. The summed E-state index contributed by atoms with van der Waals surface area (Å²) in [5, 5.41) is 5.56. The lowest BCUT2D eigenvalue weighted by Crippen LogP contribution is -2.44. The van der Waals surface area contributed by atoms with Crippen LogP contribution in [0.15, 0.2) is 48.5 Å². The Morgan fingerprint density at radius 1 is 0.710 bits per heavy atom. The van der Waals surface area contributed by atoms with Crippen LogP contribution >= 0.6 is 0 Å². The molecule has 6 nitrogen and oxygen atoms in total. The van der Waals surface area contributed by atoms with Crippen molar-refractivity contribution >= 4 is 11.8 Å². The summed E-state index contributed by atoms with van der Waals surface area (Å²) < 4.78 is 11.0. The van der Waals surface area contributed by atoms with Crippen molar-refractivity contribution in [1.29, 1.82) is 0 Å². The van der Waals surface area contributed by atoms with E-state index < -0.39 is 0 Å². The van der Waals surface area contributed by atoms with Gasteiger partial charge in [-0.05, 0) is 54.2 Å². The molecule has 0 saturated heterocycles. The van der Waals surface area contributed by atoms with Gasteiger partial charge in [-0.15, -0.1) is 0 Å². The molecule has 1 unspecified atom stereocenters. The zero-order valence-corrected chi connectivity index (χ0v) is 19.1. The van der Waals surface area contributed by atoms with Crippen LogP contribution in [-0.2, 0) is 9.59 Å². The molecule has 168 valence electrons. The van der Waals surface area contributed by atoms with Gasteiger partial charge >= 0.3 is 0 Å². The van der Waals surface area contributed by atoms with Crippen LogP contribution in [0.4, 0.5) is 0 Å². The van der Waals surface area contributed by atoms with Crippen molar-refractivity contribution in [2.45, 2.75) is 52.5 Å².